The molecule has 0 fully saturated rings. The summed E-state index contributed by atoms with van der Waals surface area (Å²) in [5, 5.41) is 5.29. The Balaban J connectivity index is 4.96. The molecule has 0 saturated carbocycles. The van der Waals surface area contributed by atoms with Crippen LogP contribution >= 0.6 is 0 Å². The standard InChI is InChI=1S/C14H27N3O3/c1-6-8(3)11(13(15)19)17-14(20)12(9(4)7-2)16-10(5)18/h8-9,11-12H,6-7H2,1-5H3,(H2,15,19)(H,16,18)(H,17,20)/t8-,9-,11-,12-/m0/s1. The molecule has 0 spiro atoms. The topological polar surface area (TPSA) is 101 Å². The van der Waals surface area contributed by atoms with Crippen molar-refractivity contribution in [2.24, 2.45) is 17.6 Å². The zero-order valence-electron chi connectivity index (χ0n) is 13.0. The normalized spacial score (nSPS) is 16.6. The second-order valence-electron chi connectivity index (χ2n) is 5.34. The van der Waals surface area contributed by atoms with Crippen LogP contribution in [0.3, 0.4) is 0 Å². The second-order valence-corrected chi connectivity index (χ2v) is 5.34. The van der Waals surface area contributed by atoms with E-state index in [1.807, 2.05) is 27.7 Å². The van der Waals surface area contributed by atoms with Crippen molar-refractivity contribution < 1.29 is 14.4 Å². The van der Waals surface area contributed by atoms with E-state index in [2.05, 4.69) is 10.6 Å². The van der Waals surface area contributed by atoms with Crippen molar-refractivity contribution in [3.05, 3.63) is 0 Å². The monoisotopic (exact) mass is 285 g/mol. The first-order valence-corrected chi connectivity index (χ1v) is 7.11. The number of carbonyl (C=O) groups is 3. The summed E-state index contributed by atoms with van der Waals surface area (Å²) in [5.74, 6) is -1.27. The predicted octanol–water partition coefficient (Wildman–Crippen LogP) is 0.553. The molecule has 0 rings (SSSR count). The highest BCUT2D eigenvalue weighted by atomic mass is 16.2. The maximum Gasteiger partial charge on any atom is 0.243 e. The van der Waals surface area contributed by atoms with Gasteiger partial charge in [-0.25, -0.2) is 0 Å². The highest BCUT2D eigenvalue weighted by molar-refractivity contribution is 5.91. The molecule has 0 aromatic heterocycles. The lowest BCUT2D eigenvalue weighted by Gasteiger charge is -2.27. The van der Waals surface area contributed by atoms with Crippen molar-refractivity contribution in [3.8, 4) is 0 Å². The van der Waals surface area contributed by atoms with Crippen LogP contribution in [0.5, 0.6) is 0 Å². The lowest BCUT2D eigenvalue weighted by atomic mass is 9.95. The van der Waals surface area contributed by atoms with Crippen molar-refractivity contribution >= 4 is 17.7 Å². The van der Waals surface area contributed by atoms with E-state index in [0.717, 1.165) is 12.8 Å². The third kappa shape index (κ3) is 5.59. The van der Waals surface area contributed by atoms with Crippen LogP contribution in [0.25, 0.3) is 0 Å². The maximum atomic E-state index is 12.3. The third-order valence-electron chi connectivity index (χ3n) is 3.67. The molecule has 0 bridgehead atoms. The Hall–Kier alpha value is -1.59. The molecule has 6 heteroatoms. The first kappa shape index (κ1) is 18.4. The molecule has 0 aromatic carbocycles. The lowest BCUT2D eigenvalue weighted by molar-refractivity contribution is -0.132. The van der Waals surface area contributed by atoms with Crippen LogP contribution in [0.2, 0.25) is 0 Å². The fraction of sp³-hybridized carbons (Fsp3) is 0.786. The number of hydrogen-bond donors (Lipinski definition) is 3. The highest BCUT2D eigenvalue weighted by Crippen LogP contribution is 2.11. The molecule has 0 radical (unpaired) electrons. The fourth-order valence-electron chi connectivity index (χ4n) is 1.89. The molecule has 0 unspecified atom stereocenters. The third-order valence-corrected chi connectivity index (χ3v) is 3.67. The van der Waals surface area contributed by atoms with Crippen LogP contribution in [-0.2, 0) is 14.4 Å². The van der Waals surface area contributed by atoms with Crippen LogP contribution in [0.4, 0.5) is 0 Å². The van der Waals surface area contributed by atoms with E-state index in [1.54, 1.807) is 0 Å². The van der Waals surface area contributed by atoms with Gasteiger partial charge in [-0.2, -0.15) is 0 Å². The molecular formula is C14H27N3O3. The number of nitrogens with one attached hydrogen (secondary N) is 2. The van der Waals surface area contributed by atoms with E-state index >= 15 is 0 Å². The van der Waals surface area contributed by atoms with E-state index < -0.39 is 18.0 Å². The molecule has 4 atom stereocenters. The number of carbonyl (C=O) groups excluding carboxylic acids is 3. The quantitative estimate of drug-likeness (QED) is 0.607. The van der Waals surface area contributed by atoms with Gasteiger partial charge in [0, 0.05) is 6.92 Å². The van der Waals surface area contributed by atoms with Gasteiger partial charge in [-0.3, -0.25) is 14.4 Å². The van der Waals surface area contributed by atoms with E-state index in [9.17, 15) is 14.4 Å². The summed E-state index contributed by atoms with van der Waals surface area (Å²) in [6.07, 6.45) is 1.46. The minimum Gasteiger partial charge on any atom is -0.368 e. The minimum absolute atomic E-state index is 0.0237. The zero-order valence-corrected chi connectivity index (χ0v) is 13.0. The SMILES string of the molecule is CC[C@H](C)[C@H](NC(=O)[C@@H](NC(C)=O)[C@@H](C)CC)C(N)=O. The van der Waals surface area contributed by atoms with Gasteiger partial charge in [0.15, 0.2) is 0 Å². The number of amides is 3. The Morgan fingerprint density at radius 3 is 1.75 bits per heavy atom. The average Bonchev–Trinajstić information content (AvgIpc) is 2.39. The van der Waals surface area contributed by atoms with E-state index in [1.165, 1.54) is 6.92 Å². The molecular weight excluding hydrogens is 258 g/mol. The van der Waals surface area contributed by atoms with Crippen LogP contribution in [-0.4, -0.2) is 29.8 Å². The largest absolute Gasteiger partial charge is 0.368 e. The Morgan fingerprint density at radius 2 is 1.40 bits per heavy atom. The number of nitrogens with two attached hydrogens (primary N) is 1. The Labute approximate surface area is 120 Å². The van der Waals surface area contributed by atoms with Crippen molar-refractivity contribution in [1.29, 1.82) is 0 Å². The van der Waals surface area contributed by atoms with Gasteiger partial charge in [-0.1, -0.05) is 40.5 Å². The molecule has 6 nitrogen and oxygen atoms in total. The van der Waals surface area contributed by atoms with E-state index in [-0.39, 0.29) is 23.7 Å². The van der Waals surface area contributed by atoms with Gasteiger partial charge in [0.1, 0.15) is 12.1 Å². The van der Waals surface area contributed by atoms with Gasteiger partial charge in [0.25, 0.3) is 0 Å². The van der Waals surface area contributed by atoms with Crippen LogP contribution < -0.4 is 16.4 Å². The molecule has 0 aromatic rings. The number of hydrogen-bond acceptors (Lipinski definition) is 3. The average molecular weight is 285 g/mol. The van der Waals surface area contributed by atoms with E-state index in [4.69, 9.17) is 5.73 Å². The Morgan fingerprint density at radius 1 is 0.950 bits per heavy atom. The van der Waals surface area contributed by atoms with Crippen molar-refractivity contribution in [3.63, 3.8) is 0 Å². The highest BCUT2D eigenvalue weighted by Gasteiger charge is 2.30. The number of rotatable bonds is 8. The minimum atomic E-state index is -0.715. The summed E-state index contributed by atoms with van der Waals surface area (Å²) in [5.41, 5.74) is 5.33. The van der Waals surface area contributed by atoms with Crippen molar-refractivity contribution in [2.45, 2.75) is 59.5 Å². The molecule has 0 heterocycles. The van der Waals surface area contributed by atoms with Crippen molar-refractivity contribution in [1.82, 2.24) is 10.6 Å². The molecule has 0 aliphatic rings. The fourth-order valence-corrected chi connectivity index (χ4v) is 1.89. The maximum absolute atomic E-state index is 12.3. The first-order chi connectivity index (χ1) is 9.24. The van der Waals surface area contributed by atoms with Gasteiger partial charge in [0.05, 0.1) is 0 Å². The van der Waals surface area contributed by atoms with E-state index in [0.29, 0.717) is 0 Å². The second kappa shape index (κ2) is 8.55. The summed E-state index contributed by atoms with van der Waals surface area (Å²) in [6.45, 7) is 8.96. The Bertz CT molecular complexity index is 358. The molecule has 3 amide bonds. The van der Waals surface area contributed by atoms with Crippen LogP contribution in [0.15, 0.2) is 0 Å². The molecule has 4 N–H and O–H groups in total. The summed E-state index contributed by atoms with van der Waals surface area (Å²) in [7, 11) is 0. The summed E-state index contributed by atoms with van der Waals surface area (Å²) >= 11 is 0. The smallest absolute Gasteiger partial charge is 0.243 e. The molecule has 116 valence electrons. The summed E-state index contributed by atoms with van der Waals surface area (Å²) < 4.78 is 0. The number of primary amides is 1. The van der Waals surface area contributed by atoms with Gasteiger partial charge in [-0.05, 0) is 11.8 Å². The van der Waals surface area contributed by atoms with Gasteiger partial charge in [-0.15, -0.1) is 0 Å². The van der Waals surface area contributed by atoms with Crippen LogP contribution in [0, 0.1) is 11.8 Å². The zero-order chi connectivity index (χ0) is 15.9. The molecule has 0 aliphatic heterocycles. The van der Waals surface area contributed by atoms with Crippen molar-refractivity contribution in [2.75, 3.05) is 0 Å². The molecule has 20 heavy (non-hydrogen) atoms. The predicted molar refractivity (Wildman–Crippen MR) is 77.6 cm³/mol. The molecule has 0 saturated heterocycles. The van der Waals surface area contributed by atoms with Gasteiger partial charge in [0.2, 0.25) is 17.7 Å². The molecule has 0 aliphatic carbocycles. The van der Waals surface area contributed by atoms with Crippen LogP contribution in [0.1, 0.15) is 47.5 Å². The van der Waals surface area contributed by atoms with Gasteiger partial charge < -0.3 is 16.4 Å². The Kier molecular flexibility index (Phi) is 7.87. The first-order valence-electron chi connectivity index (χ1n) is 7.11. The summed E-state index contributed by atoms with van der Waals surface area (Å²) in [4.78, 5) is 34.9. The lowest BCUT2D eigenvalue weighted by Crippen LogP contribution is -2.56. The summed E-state index contributed by atoms with van der Waals surface area (Å²) in [6, 6.07) is -1.36. The van der Waals surface area contributed by atoms with Gasteiger partial charge >= 0.3 is 0 Å².